The molecule has 98 valence electrons. The van der Waals surface area contributed by atoms with Crippen molar-refractivity contribution in [3.63, 3.8) is 0 Å². The van der Waals surface area contributed by atoms with Crippen LogP contribution in [0.3, 0.4) is 0 Å². The number of hydrogen-bond acceptors (Lipinski definition) is 4. The molecular weight excluding hydrogens is 204 g/mol. The summed E-state index contributed by atoms with van der Waals surface area (Å²) < 4.78 is 5.30. The maximum atomic E-state index is 8.59. The van der Waals surface area contributed by atoms with Crippen molar-refractivity contribution in [2.75, 3.05) is 47.0 Å². The molecule has 16 heavy (non-hydrogen) atoms. The Kier molecular flexibility index (Phi) is 9.92. The van der Waals surface area contributed by atoms with Crippen LogP contribution in [0, 0.1) is 5.92 Å². The molecule has 0 saturated carbocycles. The van der Waals surface area contributed by atoms with Crippen molar-refractivity contribution in [2.24, 2.45) is 5.92 Å². The van der Waals surface area contributed by atoms with Gasteiger partial charge in [-0.2, -0.15) is 0 Å². The van der Waals surface area contributed by atoms with Crippen molar-refractivity contribution in [1.82, 2.24) is 10.2 Å². The molecule has 0 heterocycles. The molecule has 0 bridgehead atoms. The smallest absolute Gasteiger partial charge is 0.0697 e. The summed E-state index contributed by atoms with van der Waals surface area (Å²) in [7, 11) is 4.14. The van der Waals surface area contributed by atoms with E-state index in [4.69, 9.17) is 9.84 Å². The molecule has 2 unspecified atom stereocenters. The van der Waals surface area contributed by atoms with Gasteiger partial charge in [0, 0.05) is 12.6 Å². The van der Waals surface area contributed by atoms with Crippen LogP contribution in [0.4, 0.5) is 0 Å². The average Bonchev–Trinajstić information content (AvgIpc) is 2.26. The second-order valence-corrected chi connectivity index (χ2v) is 4.64. The number of rotatable bonds is 10. The van der Waals surface area contributed by atoms with E-state index in [1.54, 1.807) is 0 Å². The molecule has 0 aromatic carbocycles. The summed E-state index contributed by atoms with van der Waals surface area (Å²) in [6.07, 6.45) is 1.16. The molecule has 0 rings (SSSR count). The molecule has 0 aliphatic heterocycles. The average molecular weight is 232 g/mol. The minimum absolute atomic E-state index is 0.113. The van der Waals surface area contributed by atoms with Crippen molar-refractivity contribution >= 4 is 0 Å². The first-order valence-corrected chi connectivity index (χ1v) is 6.14. The summed E-state index contributed by atoms with van der Waals surface area (Å²) in [5, 5.41) is 11.8. The summed E-state index contributed by atoms with van der Waals surface area (Å²) in [4.78, 5) is 2.33. The van der Waals surface area contributed by atoms with Gasteiger partial charge in [0.05, 0.1) is 19.8 Å². The molecule has 0 saturated heterocycles. The largest absolute Gasteiger partial charge is 0.394 e. The highest BCUT2D eigenvalue weighted by atomic mass is 16.5. The zero-order valence-electron chi connectivity index (χ0n) is 11.2. The van der Waals surface area contributed by atoms with Crippen LogP contribution in [0.2, 0.25) is 0 Å². The van der Waals surface area contributed by atoms with Crippen LogP contribution in [-0.4, -0.2) is 63.1 Å². The molecule has 2 atom stereocenters. The summed E-state index contributed by atoms with van der Waals surface area (Å²) in [6, 6.07) is 0.573. The molecule has 0 aliphatic carbocycles. The standard InChI is InChI=1S/C12H28N2O2/c1-11(10-16-8-7-15)9-14(4)6-5-12(2)13-3/h11-13,15H,5-10H2,1-4H3. The molecule has 2 N–H and O–H groups in total. The third-order valence-corrected chi connectivity index (χ3v) is 2.70. The lowest BCUT2D eigenvalue weighted by atomic mass is 10.1. The van der Waals surface area contributed by atoms with Gasteiger partial charge in [-0.3, -0.25) is 0 Å². The Bertz CT molecular complexity index is 156. The van der Waals surface area contributed by atoms with E-state index in [1.807, 2.05) is 7.05 Å². The summed E-state index contributed by atoms with van der Waals surface area (Å²) in [5.74, 6) is 0.515. The second kappa shape index (κ2) is 10.0. The monoisotopic (exact) mass is 232 g/mol. The Balaban J connectivity index is 3.49. The highest BCUT2D eigenvalue weighted by Crippen LogP contribution is 2.01. The van der Waals surface area contributed by atoms with Gasteiger partial charge in [0.15, 0.2) is 0 Å². The van der Waals surface area contributed by atoms with Gasteiger partial charge >= 0.3 is 0 Å². The van der Waals surface area contributed by atoms with Crippen molar-refractivity contribution < 1.29 is 9.84 Å². The van der Waals surface area contributed by atoms with E-state index >= 15 is 0 Å². The fourth-order valence-electron chi connectivity index (χ4n) is 1.58. The zero-order chi connectivity index (χ0) is 12.4. The van der Waals surface area contributed by atoms with Crippen molar-refractivity contribution in [3.05, 3.63) is 0 Å². The van der Waals surface area contributed by atoms with E-state index in [0.29, 0.717) is 18.6 Å². The summed E-state index contributed by atoms with van der Waals surface area (Å²) >= 11 is 0. The van der Waals surface area contributed by atoms with E-state index in [0.717, 1.165) is 26.1 Å². The van der Waals surface area contributed by atoms with Crippen LogP contribution in [0.15, 0.2) is 0 Å². The Morgan fingerprint density at radius 2 is 2.06 bits per heavy atom. The van der Waals surface area contributed by atoms with Crippen LogP contribution in [0.1, 0.15) is 20.3 Å². The van der Waals surface area contributed by atoms with Gasteiger partial charge in [-0.1, -0.05) is 6.92 Å². The van der Waals surface area contributed by atoms with Gasteiger partial charge in [0.1, 0.15) is 0 Å². The predicted molar refractivity (Wildman–Crippen MR) is 67.7 cm³/mol. The summed E-state index contributed by atoms with van der Waals surface area (Å²) in [5.41, 5.74) is 0. The minimum Gasteiger partial charge on any atom is -0.394 e. The number of ether oxygens (including phenoxy) is 1. The number of nitrogens with one attached hydrogen (secondary N) is 1. The second-order valence-electron chi connectivity index (χ2n) is 4.64. The third kappa shape index (κ3) is 9.09. The predicted octanol–water partition coefficient (Wildman–Crippen LogP) is 0.561. The Labute approximate surface area is 100.0 Å². The fraction of sp³-hybridized carbons (Fsp3) is 1.00. The van der Waals surface area contributed by atoms with Gasteiger partial charge in [-0.05, 0) is 39.9 Å². The minimum atomic E-state index is 0.113. The van der Waals surface area contributed by atoms with Crippen LogP contribution in [0.5, 0.6) is 0 Å². The van der Waals surface area contributed by atoms with Crippen molar-refractivity contribution in [2.45, 2.75) is 26.3 Å². The maximum Gasteiger partial charge on any atom is 0.0697 e. The van der Waals surface area contributed by atoms with E-state index in [-0.39, 0.29) is 6.61 Å². The summed E-state index contributed by atoms with van der Waals surface area (Å²) in [6.45, 7) is 7.81. The Morgan fingerprint density at radius 1 is 1.38 bits per heavy atom. The van der Waals surface area contributed by atoms with Crippen molar-refractivity contribution in [1.29, 1.82) is 0 Å². The SMILES string of the molecule is CNC(C)CCN(C)CC(C)COCCO. The molecule has 0 fully saturated rings. The van der Waals surface area contributed by atoms with E-state index < -0.39 is 0 Å². The fourth-order valence-corrected chi connectivity index (χ4v) is 1.58. The third-order valence-electron chi connectivity index (χ3n) is 2.70. The van der Waals surface area contributed by atoms with Crippen LogP contribution in [-0.2, 0) is 4.74 Å². The lowest BCUT2D eigenvalue weighted by Gasteiger charge is -2.22. The Hall–Kier alpha value is -0.160. The highest BCUT2D eigenvalue weighted by Gasteiger charge is 2.07. The quantitative estimate of drug-likeness (QED) is 0.540. The van der Waals surface area contributed by atoms with Gasteiger partial charge in [0.2, 0.25) is 0 Å². The highest BCUT2D eigenvalue weighted by molar-refractivity contribution is 4.63. The normalized spacial score (nSPS) is 15.4. The number of nitrogens with zero attached hydrogens (tertiary/aromatic N) is 1. The van der Waals surface area contributed by atoms with Crippen molar-refractivity contribution in [3.8, 4) is 0 Å². The lowest BCUT2D eigenvalue weighted by Crippen LogP contribution is -2.32. The topological polar surface area (TPSA) is 44.7 Å². The van der Waals surface area contributed by atoms with Gasteiger partial charge in [0.25, 0.3) is 0 Å². The molecule has 0 amide bonds. The van der Waals surface area contributed by atoms with Gasteiger partial charge < -0.3 is 20.1 Å². The van der Waals surface area contributed by atoms with Crippen LogP contribution in [0.25, 0.3) is 0 Å². The van der Waals surface area contributed by atoms with E-state index in [1.165, 1.54) is 0 Å². The first-order valence-electron chi connectivity index (χ1n) is 6.14. The molecule has 0 aliphatic rings. The first kappa shape index (κ1) is 15.8. The van der Waals surface area contributed by atoms with E-state index in [2.05, 4.69) is 31.1 Å². The molecular formula is C12H28N2O2. The molecule has 0 radical (unpaired) electrons. The lowest BCUT2D eigenvalue weighted by molar-refractivity contribution is 0.0631. The number of aliphatic hydroxyl groups excluding tert-OH is 1. The molecule has 4 heteroatoms. The van der Waals surface area contributed by atoms with E-state index in [9.17, 15) is 0 Å². The van der Waals surface area contributed by atoms with Crippen LogP contribution >= 0.6 is 0 Å². The molecule has 0 spiro atoms. The molecule has 4 nitrogen and oxygen atoms in total. The zero-order valence-corrected chi connectivity index (χ0v) is 11.2. The molecule has 0 aromatic heterocycles. The van der Waals surface area contributed by atoms with Crippen LogP contribution < -0.4 is 5.32 Å². The van der Waals surface area contributed by atoms with Gasteiger partial charge in [-0.25, -0.2) is 0 Å². The van der Waals surface area contributed by atoms with Gasteiger partial charge in [-0.15, -0.1) is 0 Å². The Morgan fingerprint density at radius 3 is 2.62 bits per heavy atom. The number of hydrogen-bond donors (Lipinski definition) is 2. The molecule has 0 aromatic rings. The maximum absolute atomic E-state index is 8.59. The first-order chi connectivity index (χ1) is 7.60. The number of aliphatic hydroxyl groups is 1.